The molecule has 6 rings (SSSR count). The second-order valence-corrected chi connectivity index (χ2v) is 9.42. The zero-order valence-electron chi connectivity index (χ0n) is 17.1. The Hall–Kier alpha value is -2.33. The summed E-state index contributed by atoms with van der Waals surface area (Å²) < 4.78 is 51.4. The van der Waals surface area contributed by atoms with Crippen LogP contribution >= 0.6 is 11.6 Å². The highest BCUT2D eigenvalue weighted by Crippen LogP contribution is 2.59. The van der Waals surface area contributed by atoms with Gasteiger partial charge in [-0.3, -0.25) is 9.69 Å². The summed E-state index contributed by atoms with van der Waals surface area (Å²) >= 11 is 5.64. The van der Waals surface area contributed by atoms with Gasteiger partial charge in [-0.15, -0.1) is 10.2 Å². The van der Waals surface area contributed by atoms with E-state index in [2.05, 4.69) is 15.5 Å². The standard InChI is InChI=1S/C21H22ClF3N4O3/c22-14-2-1-13(5-15(14)23)31-10-17(30)26-16-8-20(6-12(16)7-20)19-28-27-18(32-19)9-29-4-3-21(24,25)11-29/h1-2,5,12,16H,3-4,6-11H2,(H,26,30). The fourth-order valence-corrected chi connectivity index (χ4v) is 5.16. The molecule has 3 saturated carbocycles. The number of amides is 1. The number of nitrogens with zero attached hydrogens (tertiary/aromatic N) is 3. The number of benzene rings is 1. The maximum Gasteiger partial charge on any atom is 0.261 e. The third kappa shape index (κ3) is 4.17. The van der Waals surface area contributed by atoms with Crippen molar-refractivity contribution in [1.29, 1.82) is 0 Å². The summed E-state index contributed by atoms with van der Waals surface area (Å²) in [7, 11) is 0. The van der Waals surface area contributed by atoms with Gasteiger partial charge in [0.1, 0.15) is 11.6 Å². The molecule has 1 atom stereocenters. The van der Waals surface area contributed by atoms with Crippen molar-refractivity contribution < 1.29 is 27.1 Å². The minimum atomic E-state index is -2.66. The first kappa shape index (κ1) is 21.5. The maximum atomic E-state index is 13.5. The smallest absolute Gasteiger partial charge is 0.261 e. The van der Waals surface area contributed by atoms with Crippen LogP contribution in [-0.4, -0.2) is 52.7 Å². The fourth-order valence-electron chi connectivity index (χ4n) is 5.04. The molecule has 1 N–H and O–H groups in total. The average Bonchev–Trinajstić information content (AvgIpc) is 3.45. The van der Waals surface area contributed by atoms with E-state index in [0.29, 0.717) is 30.7 Å². The molecule has 1 saturated heterocycles. The molecule has 4 fully saturated rings. The Morgan fingerprint density at radius 3 is 2.84 bits per heavy atom. The van der Waals surface area contributed by atoms with Gasteiger partial charge in [-0.05, 0) is 37.3 Å². The lowest BCUT2D eigenvalue weighted by Gasteiger charge is -2.34. The lowest BCUT2D eigenvalue weighted by molar-refractivity contribution is -0.124. The lowest BCUT2D eigenvalue weighted by Crippen LogP contribution is -2.39. The number of ether oxygens (including phenoxy) is 1. The van der Waals surface area contributed by atoms with Gasteiger partial charge in [-0.2, -0.15) is 0 Å². The molecule has 2 heterocycles. The van der Waals surface area contributed by atoms with E-state index in [9.17, 15) is 18.0 Å². The van der Waals surface area contributed by atoms with Crippen molar-refractivity contribution in [3.8, 4) is 5.75 Å². The highest BCUT2D eigenvalue weighted by molar-refractivity contribution is 6.30. The SMILES string of the molecule is O=C(COc1ccc(Cl)c(F)c1)NC1CC2(c3nnc(CN4CCC(F)(F)C4)o3)CC1C2. The Kier molecular flexibility index (Phi) is 5.32. The summed E-state index contributed by atoms with van der Waals surface area (Å²) in [6.07, 6.45) is 2.16. The van der Waals surface area contributed by atoms with E-state index in [1.54, 1.807) is 4.90 Å². The number of carbonyl (C=O) groups is 1. The molecule has 2 bridgehead atoms. The van der Waals surface area contributed by atoms with Crippen molar-refractivity contribution in [2.24, 2.45) is 5.92 Å². The molecule has 0 radical (unpaired) electrons. The zero-order chi connectivity index (χ0) is 22.5. The second-order valence-electron chi connectivity index (χ2n) is 9.01. The Morgan fingerprint density at radius 1 is 1.31 bits per heavy atom. The van der Waals surface area contributed by atoms with Gasteiger partial charge in [0.15, 0.2) is 6.61 Å². The second kappa shape index (κ2) is 7.91. The average molecular weight is 471 g/mol. The summed E-state index contributed by atoms with van der Waals surface area (Å²) in [6.45, 7) is -0.0130. The summed E-state index contributed by atoms with van der Waals surface area (Å²) in [5.74, 6) is -2.19. The predicted molar refractivity (Wildman–Crippen MR) is 107 cm³/mol. The van der Waals surface area contributed by atoms with Crippen molar-refractivity contribution in [3.05, 3.63) is 40.8 Å². The van der Waals surface area contributed by atoms with Crippen LogP contribution < -0.4 is 10.1 Å². The van der Waals surface area contributed by atoms with E-state index >= 15 is 0 Å². The minimum absolute atomic E-state index is 0.0135. The largest absolute Gasteiger partial charge is 0.484 e. The summed E-state index contributed by atoms with van der Waals surface area (Å²) in [5.41, 5.74) is -0.275. The van der Waals surface area contributed by atoms with E-state index in [-0.39, 0.29) is 54.3 Å². The third-order valence-corrected chi connectivity index (χ3v) is 6.93. The van der Waals surface area contributed by atoms with Crippen molar-refractivity contribution in [1.82, 2.24) is 20.4 Å². The molecule has 7 nitrogen and oxygen atoms in total. The van der Waals surface area contributed by atoms with Crippen LogP contribution in [0.5, 0.6) is 5.75 Å². The van der Waals surface area contributed by atoms with E-state index in [1.165, 1.54) is 12.1 Å². The van der Waals surface area contributed by atoms with Crippen molar-refractivity contribution in [2.45, 2.75) is 49.6 Å². The molecular weight excluding hydrogens is 449 g/mol. The van der Waals surface area contributed by atoms with Crippen LogP contribution in [0.25, 0.3) is 0 Å². The molecule has 1 aromatic carbocycles. The summed E-state index contributed by atoms with van der Waals surface area (Å²) in [4.78, 5) is 13.9. The number of nitrogens with one attached hydrogen (secondary N) is 1. The molecular formula is C21H22ClF3N4O3. The molecule has 1 amide bonds. The van der Waals surface area contributed by atoms with Gasteiger partial charge < -0.3 is 14.5 Å². The summed E-state index contributed by atoms with van der Waals surface area (Å²) in [5, 5.41) is 11.2. The quantitative estimate of drug-likeness (QED) is 0.668. The highest BCUT2D eigenvalue weighted by Gasteiger charge is 2.60. The van der Waals surface area contributed by atoms with E-state index in [0.717, 1.165) is 18.9 Å². The Morgan fingerprint density at radius 2 is 2.12 bits per heavy atom. The zero-order valence-corrected chi connectivity index (χ0v) is 17.9. The third-order valence-electron chi connectivity index (χ3n) is 6.62. The molecule has 2 aromatic rings. The molecule has 0 spiro atoms. The molecule has 32 heavy (non-hydrogen) atoms. The van der Waals surface area contributed by atoms with Crippen LogP contribution in [0.4, 0.5) is 13.2 Å². The molecule has 4 aliphatic rings. The van der Waals surface area contributed by atoms with Crippen LogP contribution in [0.2, 0.25) is 5.02 Å². The number of rotatable bonds is 7. The van der Waals surface area contributed by atoms with Crippen LogP contribution in [0.3, 0.4) is 0 Å². The van der Waals surface area contributed by atoms with E-state index in [4.69, 9.17) is 20.8 Å². The van der Waals surface area contributed by atoms with Gasteiger partial charge in [-0.1, -0.05) is 11.6 Å². The Labute approximate surface area is 187 Å². The fraction of sp³-hybridized carbons (Fsp3) is 0.571. The Balaban J connectivity index is 1.13. The van der Waals surface area contributed by atoms with Gasteiger partial charge in [0.25, 0.3) is 11.8 Å². The topological polar surface area (TPSA) is 80.5 Å². The van der Waals surface area contributed by atoms with Gasteiger partial charge in [-0.25, -0.2) is 13.2 Å². The van der Waals surface area contributed by atoms with Gasteiger partial charge in [0, 0.05) is 25.1 Å². The van der Waals surface area contributed by atoms with Crippen LogP contribution in [-0.2, 0) is 16.8 Å². The number of hydrogen-bond donors (Lipinski definition) is 1. The molecule has 1 aromatic heterocycles. The lowest BCUT2D eigenvalue weighted by atomic mass is 9.69. The molecule has 3 aliphatic carbocycles. The molecule has 172 valence electrons. The van der Waals surface area contributed by atoms with Crippen molar-refractivity contribution >= 4 is 17.5 Å². The first-order chi connectivity index (χ1) is 15.2. The normalized spacial score (nSPS) is 28.5. The molecule has 1 aliphatic heterocycles. The van der Waals surface area contributed by atoms with Crippen LogP contribution in [0, 0.1) is 11.7 Å². The van der Waals surface area contributed by atoms with Crippen LogP contribution in [0.15, 0.2) is 22.6 Å². The highest BCUT2D eigenvalue weighted by atomic mass is 35.5. The number of alkyl halides is 2. The monoisotopic (exact) mass is 470 g/mol. The first-order valence-corrected chi connectivity index (χ1v) is 10.9. The van der Waals surface area contributed by atoms with E-state index < -0.39 is 11.7 Å². The van der Waals surface area contributed by atoms with Gasteiger partial charge >= 0.3 is 0 Å². The number of carbonyl (C=O) groups excluding carboxylic acids is 1. The number of hydrogen-bond acceptors (Lipinski definition) is 6. The predicted octanol–water partition coefficient (Wildman–Crippen LogP) is 3.32. The number of likely N-dealkylation sites (tertiary alicyclic amines) is 1. The first-order valence-electron chi connectivity index (χ1n) is 10.5. The number of fused-ring (bicyclic) bond motifs is 1. The molecule has 11 heteroatoms. The number of aromatic nitrogens is 2. The van der Waals surface area contributed by atoms with Gasteiger partial charge in [0.2, 0.25) is 11.8 Å². The van der Waals surface area contributed by atoms with Gasteiger partial charge in [0.05, 0.1) is 23.5 Å². The summed E-state index contributed by atoms with van der Waals surface area (Å²) in [6, 6.07) is 3.96. The minimum Gasteiger partial charge on any atom is -0.484 e. The van der Waals surface area contributed by atoms with Crippen molar-refractivity contribution in [3.63, 3.8) is 0 Å². The number of halogens is 4. The van der Waals surface area contributed by atoms with Crippen LogP contribution in [0.1, 0.15) is 37.5 Å². The molecule has 1 unspecified atom stereocenters. The van der Waals surface area contributed by atoms with E-state index in [1.807, 2.05) is 0 Å². The maximum absolute atomic E-state index is 13.5. The van der Waals surface area contributed by atoms with Crippen molar-refractivity contribution in [2.75, 3.05) is 19.7 Å². The Bertz CT molecular complexity index is 1030.